The summed E-state index contributed by atoms with van der Waals surface area (Å²) in [5.41, 5.74) is 0.447. The average molecular weight is 328 g/mol. The molecule has 0 aromatic heterocycles. The van der Waals surface area contributed by atoms with E-state index >= 15 is 0 Å². The standard InChI is InChI=1S/C22H32O2/c1-21-11-9-16(23)13-15(21)5-7-17-18(21)10-12-22-14(6-8-19(17)22)3-2-4-20(22)24/h2,4,14-19,23H,3,5-13H2,1H3/t14-,15-,16+,17?,18?,19?,21-,22+/m0/s1. The second-order valence-corrected chi connectivity index (χ2v) is 9.94. The molecule has 8 atom stereocenters. The molecule has 3 unspecified atom stereocenters. The normalized spacial score (nSPS) is 56.2. The molecule has 5 rings (SSSR count). The van der Waals surface area contributed by atoms with E-state index in [1.165, 1.54) is 38.5 Å². The number of hydrogen-bond acceptors (Lipinski definition) is 2. The maximum atomic E-state index is 13.0. The highest BCUT2D eigenvalue weighted by molar-refractivity contribution is 5.96. The Kier molecular flexibility index (Phi) is 3.38. The maximum absolute atomic E-state index is 13.0. The van der Waals surface area contributed by atoms with E-state index in [2.05, 4.69) is 13.0 Å². The highest BCUT2D eigenvalue weighted by atomic mass is 16.3. The first-order valence-electron chi connectivity index (χ1n) is 10.4. The van der Waals surface area contributed by atoms with Gasteiger partial charge in [0, 0.05) is 5.41 Å². The Hall–Kier alpha value is -0.630. The number of ketones is 1. The molecule has 1 spiro atoms. The van der Waals surface area contributed by atoms with Crippen LogP contribution < -0.4 is 0 Å². The summed E-state index contributed by atoms with van der Waals surface area (Å²) in [6.07, 6.45) is 16.0. The third kappa shape index (κ3) is 1.84. The predicted octanol–water partition coefficient (Wildman–Crippen LogP) is 4.52. The van der Waals surface area contributed by atoms with E-state index in [0.717, 1.165) is 43.4 Å². The van der Waals surface area contributed by atoms with E-state index in [-0.39, 0.29) is 11.5 Å². The van der Waals surface area contributed by atoms with Gasteiger partial charge in [-0.25, -0.2) is 0 Å². The summed E-state index contributed by atoms with van der Waals surface area (Å²) in [4.78, 5) is 13.0. The highest BCUT2D eigenvalue weighted by Crippen LogP contribution is 2.68. The van der Waals surface area contributed by atoms with Crippen molar-refractivity contribution in [2.45, 2.75) is 77.2 Å². The fourth-order valence-electron chi connectivity index (χ4n) is 8.35. The van der Waals surface area contributed by atoms with Crippen molar-refractivity contribution in [3.63, 3.8) is 0 Å². The van der Waals surface area contributed by atoms with Gasteiger partial charge in [0.2, 0.25) is 0 Å². The fraction of sp³-hybridized carbons (Fsp3) is 0.864. The number of rotatable bonds is 0. The SMILES string of the molecule is C[C@]12CC[C@@H](O)C[C@@H]1CCC1C3CC[C@@H]4CC=CC(=O)[C@@]34CCC12. The number of fused-ring (bicyclic) bond motifs is 4. The zero-order valence-electron chi connectivity index (χ0n) is 15.0. The number of aliphatic hydroxyl groups is 1. The van der Waals surface area contributed by atoms with E-state index in [9.17, 15) is 9.90 Å². The average Bonchev–Trinajstić information content (AvgIpc) is 2.97. The minimum absolute atomic E-state index is 0.0211. The van der Waals surface area contributed by atoms with Gasteiger partial charge in [0.15, 0.2) is 5.78 Å². The summed E-state index contributed by atoms with van der Waals surface area (Å²) in [6.45, 7) is 2.54. The van der Waals surface area contributed by atoms with Crippen LogP contribution in [0.5, 0.6) is 0 Å². The lowest BCUT2D eigenvalue weighted by Gasteiger charge is -2.61. The van der Waals surface area contributed by atoms with Crippen LogP contribution in [0, 0.1) is 40.4 Å². The van der Waals surface area contributed by atoms with Crippen molar-refractivity contribution in [3.8, 4) is 0 Å². The summed E-state index contributed by atoms with van der Waals surface area (Å²) >= 11 is 0. The molecule has 0 radical (unpaired) electrons. The number of hydrogen-bond donors (Lipinski definition) is 1. The molecular weight excluding hydrogens is 296 g/mol. The van der Waals surface area contributed by atoms with E-state index in [1.54, 1.807) is 0 Å². The predicted molar refractivity (Wildman–Crippen MR) is 94.3 cm³/mol. The van der Waals surface area contributed by atoms with Crippen molar-refractivity contribution in [2.75, 3.05) is 0 Å². The monoisotopic (exact) mass is 328 g/mol. The van der Waals surface area contributed by atoms with Crippen LogP contribution in [0.25, 0.3) is 0 Å². The van der Waals surface area contributed by atoms with Crippen molar-refractivity contribution in [1.82, 2.24) is 0 Å². The van der Waals surface area contributed by atoms with Crippen LogP contribution in [-0.4, -0.2) is 17.0 Å². The Morgan fingerprint density at radius 3 is 2.71 bits per heavy atom. The van der Waals surface area contributed by atoms with E-state index in [1.807, 2.05) is 6.08 Å². The molecule has 132 valence electrons. The van der Waals surface area contributed by atoms with Gasteiger partial charge in [-0.2, -0.15) is 0 Å². The molecule has 24 heavy (non-hydrogen) atoms. The first-order chi connectivity index (χ1) is 11.6. The van der Waals surface area contributed by atoms with Crippen molar-refractivity contribution in [3.05, 3.63) is 12.2 Å². The Bertz CT molecular complexity index is 581. The van der Waals surface area contributed by atoms with Gasteiger partial charge in [-0.15, -0.1) is 0 Å². The van der Waals surface area contributed by atoms with E-state index in [0.29, 0.717) is 23.0 Å². The van der Waals surface area contributed by atoms with Gasteiger partial charge in [-0.3, -0.25) is 4.79 Å². The molecule has 0 aromatic carbocycles. The van der Waals surface area contributed by atoms with Crippen LogP contribution in [0.4, 0.5) is 0 Å². The quantitative estimate of drug-likeness (QED) is 0.710. The van der Waals surface area contributed by atoms with Crippen LogP contribution in [0.15, 0.2) is 12.2 Å². The zero-order chi connectivity index (χ0) is 16.5. The third-order valence-corrected chi connectivity index (χ3v) is 9.47. The second kappa shape index (κ2) is 5.19. The number of aliphatic hydroxyl groups excluding tert-OH is 1. The van der Waals surface area contributed by atoms with Gasteiger partial charge in [0.1, 0.15) is 0 Å². The van der Waals surface area contributed by atoms with E-state index in [4.69, 9.17) is 0 Å². The summed E-state index contributed by atoms with van der Waals surface area (Å²) in [7, 11) is 0. The highest BCUT2D eigenvalue weighted by Gasteiger charge is 2.63. The van der Waals surface area contributed by atoms with Crippen molar-refractivity contribution in [2.24, 2.45) is 40.4 Å². The molecule has 0 saturated heterocycles. The lowest BCUT2D eigenvalue weighted by atomic mass is 9.43. The lowest BCUT2D eigenvalue weighted by molar-refractivity contribution is -0.152. The molecule has 0 aromatic rings. The first-order valence-corrected chi connectivity index (χ1v) is 10.4. The number of allylic oxidation sites excluding steroid dienone is 2. The van der Waals surface area contributed by atoms with Crippen LogP contribution in [0.2, 0.25) is 0 Å². The molecule has 0 heterocycles. The maximum Gasteiger partial charge on any atom is 0.162 e. The van der Waals surface area contributed by atoms with Crippen LogP contribution in [0.3, 0.4) is 0 Å². The Labute approximate surface area is 146 Å². The Morgan fingerprint density at radius 1 is 1.00 bits per heavy atom. The summed E-state index contributed by atoms with van der Waals surface area (Å²) in [5, 5.41) is 10.1. The summed E-state index contributed by atoms with van der Waals surface area (Å²) in [5.74, 6) is 4.07. The van der Waals surface area contributed by atoms with Crippen molar-refractivity contribution < 1.29 is 9.90 Å². The van der Waals surface area contributed by atoms with Crippen LogP contribution in [0.1, 0.15) is 71.1 Å². The summed E-state index contributed by atoms with van der Waals surface area (Å²) in [6, 6.07) is 0. The van der Waals surface area contributed by atoms with Crippen LogP contribution >= 0.6 is 0 Å². The van der Waals surface area contributed by atoms with Gasteiger partial charge in [0.25, 0.3) is 0 Å². The van der Waals surface area contributed by atoms with Gasteiger partial charge in [-0.05, 0) is 105 Å². The molecule has 4 fully saturated rings. The molecule has 1 N–H and O–H groups in total. The molecular formula is C22H32O2. The third-order valence-electron chi connectivity index (χ3n) is 9.47. The largest absolute Gasteiger partial charge is 0.393 e. The van der Waals surface area contributed by atoms with Gasteiger partial charge >= 0.3 is 0 Å². The molecule has 2 nitrogen and oxygen atoms in total. The Morgan fingerprint density at radius 2 is 1.83 bits per heavy atom. The van der Waals surface area contributed by atoms with Gasteiger partial charge in [0.05, 0.1) is 6.10 Å². The van der Waals surface area contributed by atoms with Gasteiger partial charge < -0.3 is 5.11 Å². The molecule has 0 amide bonds. The van der Waals surface area contributed by atoms with Gasteiger partial charge in [-0.1, -0.05) is 13.0 Å². The minimum atomic E-state index is -0.0597. The molecule has 0 bridgehead atoms. The zero-order valence-corrected chi connectivity index (χ0v) is 15.0. The fourth-order valence-corrected chi connectivity index (χ4v) is 8.35. The van der Waals surface area contributed by atoms with E-state index < -0.39 is 0 Å². The summed E-state index contributed by atoms with van der Waals surface area (Å²) < 4.78 is 0. The number of carbonyl (C=O) groups excluding carboxylic acids is 1. The molecule has 5 aliphatic carbocycles. The Balaban J connectivity index is 1.49. The smallest absolute Gasteiger partial charge is 0.162 e. The number of carbonyl (C=O) groups is 1. The topological polar surface area (TPSA) is 37.3 Å². The van der Waals surface area contributed by atoms with Crippen molar-refractivity contribution >= 4 is 5.78 Å². The van der Waals surface area contributed by atoms with Crippen LogP contribution in [-0.2, 0) is 4.79 Å². The molecule has 4 saturated carbocycles. The first kappa shape index (κ1) is 15.6. The molecule has 5 aliphatic rings. The second-order valence-electron chi connectivity index (χ2n) is 9.94. The minimum Gasteiger partial charge on any atom is -0.393 e. The molecule has 2 heteroatoms. The van der Waals surface area contributed by atoms with Crippen molar-refractivity contribution in [1.29, 1.82) is 0 Å². The molecule has 0 aliphatic heterocycles. The lowest BCUT2D eigenvalue weighted by Crippen LogP contribution is -2.56.